The Morgan fingerprint density at radius 2 is 2.10 bits per heavy atom. The number of aliphatic hydroxyl groups excluding tert-OH is 1. The normalized spacial score (nSPS) is 21.5. The summed E-state index contributed by atoms with van der Waals surface area (Å²) in [6.45, 7) is 6.72. The summed E-state index contributed by atoms with van der Waals surface area (Å²) in [5.41, 5.74) is 3.08. The fourth-order valence-corrected chi connectivity index (χ4v) is 5.63. The molecule has 2 aliphatic heterocycles. The average molecular weight is 442 g/mol. The molecule has 2 fully saturated rings. The molecule has 1 saturated carbocycles. The van der Waals surface area contributed by atoms with Gasteiger partial charge in [0, 0.05) is 26.1 Å². The first-order chi connectivity index (χ1) is 14.8. The van der Waals surface area contributed by atoms with Gasteiger partial charge in [0.05, 0.1) is 21.8 Å². The summed E-state index contributed by atoms with van der Waals surface area (Å²) in [6.07, 6.45) is 3.25. The lowest BCUT2D eigenvalue weighted by Gasteiger charge is -2.25. The van der Waals surface area contributed by atoms with Crippen molar-refractivity contribution in [1.82, 2.24) is 14.9 Å². The number of aromatic nitrogens is 2. The second-order valence-electron chi connectivity index (χ2n) is 8.81. The van der Waals surface area contributed by atoms with Gasteiger partial charge in [-0.15, -0.1) is 0 Å². The third-order valence-electron chi connectivity index (χ3n) is 6.50. The molecule has 4 heterocycles. The first-order valence-corrected chi connectivity index (χ1v) is 11.7. The monoisotopic (exact) mass is 441 g/mol. The number of hydrogen-bond donors (Lipinski definition) is 2. The lowest BCUT2D eigenvalue weighted by Crippen LogP contribution is -2.36. The molecule has 5 rings (SSSR count). The van der Waals surface area contributed by atoms with Crippen molar-refractivity contribution in [3.05, 3.63) is 22.9 Å². The molecular weight excluding hydrogens is 414 g/mol. The zero-order valence-corrected chi connectivity index (χ0v) is 18.8. The van der Waals surface area contributed by atoms with Gasteiger partial charge in [0.15, 0.2) is 5.13 Å². The number of carbonyl (C=O) groups is 2. The van der Waals surface area contributed by atoms with E-state index in [4.69, 9.17) is 4.98 Å². The van der Waals surface area contributed by atoms with Gasteiger partial charge in [-0.2, -0.15) is 0 Å². The molecule has 0 bridgehead atoms. The highest BCUT2D eigenvalue weighted by atomic mass is 32.1. The number of amides is 2. The van der Waals surface area contributed by atoms with Gasteiger partial charge in [0.25, 0.3) is 5.91 Å². The quantitative estimate of drug-likeness (QED) is 0.740. The Balaban J connectivity index is 1.59. The van der Waals surface area contributed by atoms with E-state index < -0.39 is 6.23 Å². The fourth-order valence-electron chi connectivity index (χ4n) is 4.66. The first kappa shape index (κ1) is 20.4. The van der Waals surface area contributed by atoms with Crippen molar-refractivity contribution in [2.24, 2.45) is 5.92 Å². The van der Waals surface area contributed by atoms with Crippen molar-refractivity contribution in [3.63, 3.8) is 0 Å². The van der Waals surface area contributed by atoms with Crippen LogP contribution in [0.15, 0.2) is 6.07 Å². The summed E-state index contributed by atoms with van der Waals surface area (Å²) < 4.78 is 0. The van der Waals surface area contributed by atoms with Gasteiger partial charge in [-0.3, -0.25) is 9.59 Å². The van der Waals surface area contributed by atoms with Gasteiger partial charge in [0.1, 0.15) is 12.0 Å². The lowest BCUT2D eigenvalue weighted by atomic mass is 10.1. The molecule has 2 N–H and O–H groups in total. The molecule has 0 spiro atoms. The van der Waals surface area contributed by atoms with Crippen LogP contribution in [-0.2, 0) is 11.3 Å². The van der Waals surface area contributed by atoms with Crippen LogP contribution < -0.4 is 10.2 Å². The van der Waals surface area contributed by atoms with Gasteiger partial charge >= 0.3 is 0 Å². The second kappa shape index (κ2) is 7.56. The number of rotatable bonds is 5. The second-order valence-corrected chi connectivity index (χ2v) is 9.81. The van der Waals surface area contributed by atoms with Crippen molar-refractivity contribution in [2.45, 2.75) is 65.3 Å². The summed E-state index contributed by atoms with van der Waals surface area (Å²) >= 11 is 1.38. The molecule has 3 aliphatic rings. The Hall–Kier alpha value is -2.52. The molecule has 2 amide bonds. The molecule has 0 radical (unpaired) electrons. The fraction of sp³-hybridized carbons (Fsp3) is 0.545. The summed E-state index contributed by atoms with van der Waals surface area (Å²) in [7, 11) is 0. The number of pyridine rings is 1. The van der Waals surface area contributed by atoms with E-state index in [2.05, 4.69) is 17.2 Å². The van der Waals surface area contributed by atoms with Crippen LogP contribution >= 0.6 is 11.3 Å². The zero-order chi connectivity index (χ0) is 21.9. The van der Waals surface area contributed by atoms with E-state index in [9.17, 15) is 14.7 Å². The molecule has 31 heavy (non-hydrogen) atoms. The van der Waals surface area contributed by atoms with E-state index in [-0.39, 0.29) is 17.9 Å². The van der Waals surface area contributed by atoms with E-state index in [0.717, 1.165) is 28.2 Å². The Kier molecular flexibility index (Phi) is 4.97. The van der Waals surface area contributed by atoms with E-state index in [0.29, 0.717) is 41.9 Å². The summed E-state index contributed by atoms with van der Waals surface area (Å²) in [5.74, 6) is 0.998. The van der Waals surface area contributed by atoms with Crippen LogP contribution in [0.25, 0.3) is 10.6 Å². The maximum absolute atomic E-state index is 13.4. The maximum atomic E-state index is 13.4. The zero-order valence-electron chi connectivity index (χ0n) is 18.0. The van der Waals surface area contributed by atoms with Crippen LogP contribution in [0.3, 0.4) is 0 Å². The Morgan fingerprint density at radius 1 is 1.32 bits per heavy atom. The smallest absolute Gasteiger partial charge is 0.258 e. The largest absolute Gasteiger partial charge is 0.374 e. The van der Waals surface area contributed by atoms with E-state index >= 15 is 0 Å². The minimum absolute atomic E-state index is 0.0162. The summed E-state index contributed by atoms with van der Waals surface area (Å²) in [4.78, 5) is 38.9. The number of anilines is 2. The molecule has 2 aromatic rings. The van der Waals surface area contributed by atoms with Crippen molar-refractivity contribution in [2.75, 3.05) is 16.8 Å². The van der Waals surface area contributed by atoms with Crippen molar-refractivity contribution >= 4 is 34.1 Å². The molecule has 1 aliphatic carbocycles. The number of thiazole rings is 1. The van der Waals surface area contributed by atoms with Crippen LogP contribution in [0, 0.1) is 12.8 Å². The SMILES string of the molecule is CC(=O)Nc1nc(C)c(-c2cc3c(c(N4CCCC4O)n2)C(=O)N([C@@H](C)C2CC2)C3)s1. The lowest BCUT2D eigenvalue weighted by molar-refractivity contribution is -0.114. The van der Waals surface area contributed by atoms with Gasteiger partial charge in [-0.1, -0.05) is 11.3 Å². The van der Waals surface area contributed by atoms with Crippen molar-refractivity contribution < 1.29 is 14.7 Å². The number of fused-ring (bicyclic) bond motifs is 1. The van der Waals surface area contributed by atoms with Crippen LogP contribution in [0.4, 0.5) is 10.9 Å². The molecule has 2 atom stereocenters. The Bertz CT molecular complexity index is 1060. The number of carbonyl (C=O) groups excluding carboxylic acids is 2. The van der Waals surface area contributed by atoms with Crippen LogP contribution in [-0.4, -0.2) is 50.6 Å². The number of aryl methyl sites for hydroxylation is 1. The molecule has 8 nitrogen and oxygen atoms in total. The van der Waals surface area contributed by atoms with E-state index in [1.807, 2.05) is 22.8 Å². The van der Waals surface area contributed by atoms with Crippen molar-refractivity contribution in [1.29, 1.82) is 0 Å². The predicted octanol–water partition coefficient (Wildman–Crippen LogP) is 3.14. The molecule has 164 valence electrons. The molecule has 0 aromatic carbocycles. The highest BCUT2D eigenvalue weighted by molar-refractivity contribution is 7.19. The Morgan fingerprint density at radius 3 is 2.74 bits per heavy atom. The minimum Gasteiger partial charge on any atom is -0.374 e. The van der Waals surface area contributed by atoms with E-state index in [1.54, 1.807) is 0 Å². The third-order valence-corrected chi connectivity index (χ3v) is 7.59. The van der Waals surface area contributed by atoms with Gasteiger partial charge in [-0.05, 0) is 57.1 Å². The molecule has 2 aromatic heterocycles. The number of nitrogens with zero attached hydrogens (tertiary/aromatic N) is 4. The molecule has 1 saturated heterocycles. The number of nitrogens with one attached hydrogen (secondary N) is 1. The molecule has 1 unspecified atom stereocenters. The summed E-state index contributed by atoms with van der Waals surface area (Å²) in [6, 6.07) is 2.19. The topological polar surface area (TPSA) is 98.7 Å². The molecular formula is C22H27N5O3S. The van der Waals surface area contributed by atoms with Crippen molar-refractivity contribution in [3.8, 4) is 10.6 Å². The van der Waals surface area contributed by atoms with Crippen LogP contribution in [0.2, 0.25) is 0 Å². The van der Waals surface area contributed by atoms with Gasteiger partial charge in [-0.25, -0.2) is 9.97 Å². The average Bonchev–Trinajstić information content (AvgIpc) is 3.26. The van der Waals surface area contributed by atoms with Gasteiger partial charge in [0.2, 0.25) is 5.91 Å². The first-order valence-electron chi connectivity index (χ1n) is 10.9. The number of aliphatic hydroxyl groups is 1. The summed E-state index contributed by atoms with van der Waals surface area (Å²) in [5, 5.41) is 13.8. The Labute approximate surface area is 185 Å². The standard InChI is InChI=1S/C22H27N5O3S/c1-11-19(31-22(23-11)24-13(3)28)16-9-15-10-27(12(2)14-6-7-14)21(30)18(15)20(25-16)26-8-4-5-17(26)29/h9,12,14,17,29H,4-8,10H2,1-3H3,(H,23,24,28)/t12-,17?/m0/s1. The third kappa shape index (κ3) is 3.59. The number of hydrogen-bond acceptors (Lipinski definition) is 7. The maximum Gasteiger partial charge on any atom is 0.258 e. The minimum atomic E-state index is -0.632. The molecule has 9 heteroatoms. The highest BCUT2D eigenvalue weighted by Crippen LogP contribution is 2.42. The predicted molar refractivity (Wildman–Crippen MR) is 119 cm³/mol. The van der Waals surface area contributed by atoms with Gasteiger partial charge < -0.3 is 20.2 Å². The highest BCUT2D eigenvalue weighted by Gasteiger charge is 2.42. The van der Waals surface area contributed by atoms with Crippen LogP contribution in [0.5, 0.6) is 0 Å². The van der Waals surface area contributed by atoms with Crippen LogP contribution in [0.1, 0.15) is 61.1 Å². The van der Waals surface area contributed by atoms with E-state index in [1.165, 1.54) is 31.1 Å².